The lowest BCUT2D eigenvalue weighted by molar-refractivity contribution is 0.0488. The predicted molar refractivity (Wildman–Crippen MR) is 57.7 cm³/mol. The van der Waals surface area contributed by atoms with E-state index in [1.54, 1.807) is 18.2 Å². The number of aryl methyl sites for hydroxylation is 1. The molecule has 0 aliphatic rings. The molecule has 0 bridgehead atoms. The fourth-order valence-corrected chi connectivity index (χ4v) is 1.34. The maximum atomic E-state index is 11.7. The summed E-state index contributed by atoms with van der Waals surface area (Å²) in [5, 5.41) is 18.6. The predicted octanol–water partition coefficient (Wildman–Crippen LogP) is 1.44. The van der Waals surface area contributed by atoms with Crippen molar-refractivity contribution in [2.75, 3.05) is 0 Å². The number of ketones is 1. The summed E-state index contributed by atoms with van der Waals surface area (Å²) in [6.07, 6.45) is 0. The zero-order valence-corrected chi connectivity index (χ0v) is 9.24. The lowest BCUT2D eigenvalue weighted by atomic mass is 9.94. The van der Waals surface area contributed by atoms with Gasteiger partial charge in [-0.2, -0.15) is 0 Å². The Morgan fingerprint density at radius 3 is 2.47 bits per heavy atom. The Balaban J connectivity index is 3.12. The van der Waals surface area contributed by atoms with Crippen molar-refractivity contribution in [1.82, 2.24) is 0 Å². The number of aliphatic hydroxyl groups excluding tert-OH is 1. The topological polar surface area (TPSA) is 57.5 Å². The highest BCUT2D eigenvalue weighted by Gasteiger charge is 2.25. The molecule has 1 rings (SSSR count). The van der Waals surface area contributed by atoms with Crippen molar-refractivity contribution in [3.05, 3.63) is 34.9 Å². The third-order valence-corrected chi connectivity index (χ3v) is 2.34. The van der Waals surface area contributed by atoms with Gasteiger partial charge in [0.15, 0.2) is 5.78 Å². The Hall–Kier alpha value is -1.19. The van der Waals surface area contributed by atoms with Gasteiger partial charge in [0, 0.05) is 5.56 Å². The van der Waals surface area contributed by atoms with Gasteiger partial charge in [0.25, 0.3) is 0 Å². The molecule has 3 nitrogen and oxygen atoms in total. The highest BCUT2D eigenvalue weighted by atomic mass is 16.3. The van der Waals surface area contributed by atoms with Gasteiger partial charge in [-0.25, -0.2) is 0 Å². The van der Waals surface area contributed by atoms with E-state index in [4.69, 9.17) is 5.11 Å². The van der Waals surface area contributed by atoms with E-state index in [0.717, 1.165) is 5.56 Å². The zero-order chi connectivity index (χ0) is 11.6. The Kier molecular flexibility index (Phi) is 3.27. The van der Waals surface area contributed by atoms with Gasteiger partial charge in [0.1, 0.15) is 5.60 Å². The van der Waals surface area contributed by atoms with Gasteiger partial charge in [-0.15, -0.1) is 0 Å². The molecular weight excluding hydrogens is 192 g/mol. The Labute approximate surface area is 89.4 Å². The fraction of sp³-hybridized carbons (Fsp3) is 0.417. The van der Waals surface area contributed by atoms with Crippen LogP contribution in [0.3, 0.4) is 0 Å². The first-order valence-electron chi connectivity index (χ1n) is 4.84. The van der Waals surface area contributed by atoms with Crippen LogP contribution in [-0.4, -0.2) is 21.6 Å². The number of rotatable bonds is 3. The number of Topliss-reactive ketones (excluding diaryl/α,β-unsaturated/α-hetero) is 1. The summed E-state index contributed by atoms with van der Waals surface area (Å²) < 4.78 is 0. The van der Waals surface area contributed by atoms with E-state index in [2.05, 4.69) is 0 Å². The Morgan fingerprint density at radius 1 is 1.40 bits per heavy atom. The molecule has 0 amide bonds. The molecule has 0 unspecified atom stereocenters. The first-order chi connectivity index (χ1) is 6.86. The molecule has 0 aromatic heterocycles. The van der Waals surface area contributed by atoms with Crippen molar-refractivity contribution in [2.24, 2.45) is 0 Å². The second-order valence-corrected chi connectivity index (χ2v) is 4.19. The van der Waals surface area contributed by atoms with E-state index in [-0.39, 0.29) is 12.4 Å². The van der Waals surface area contributed by atoms with Crippen LogP contribution < -0.4 is 0 Å². The molecule has 0 aliphatic carbocycles. The van der Waals surface area contributed by atoms with Crippen molar-refractivity contribution < 1.29 is 15.0 Å². The molecule has 0 saturated carbocycles. The van der Waals surface area contributed by atoms with Crippen LogP contribution in [0, 0.1) is 6.92 Å². The number of carbonyl (C=O) groups excluding carboxylic acids is 1. The van der Waals surface area contributed by atoms with E-state index < -0.39 is 5.60 Å². The number of benzene rings is 1. The minimum Gasteiger partial charge on any atom is -0.392 e. The van der Waals surface area contributed by atoms with Crippen molar-refractivity contribution >= 4 is 5.78 Å². The molecule has 0 aliphatic heterocycles. The van der Waals surface area contributed by atoms with Crippen LogP contribution in [0.5, 0.6) is 0 Å². The number of hydrogen-bond donors (Lipinski definition) is 2. The molecule has 1 aromatic carbocycles. The summed E-state index contributed by atoms with van der Waals surface area (Å²) in [6.45, 7) is 4.67. The normalized spacial score (nSPS) is 11.5. The van der Waals surface area contributed by atoms with Gasteiger partial charge in [-0.3, -0.25) is 4.79 Å². The molecule has 0 fully saturated rings. The molecular formula is C12H16O3. The molecule has 0 atom stereocenters. The first kappa shape index (κ1) is 11.9. The summed E-state index contributed by atoms with van der Waals surface area (Å²) in [5.41, 5.74) is 0.703. The van der Waals surface area contributed by atoms with Crippen LogP contribution in [0.2, 0.25) is 0 Å². The molecule has 1 aromatic rings. The van der Waals surface area contributed by atoms with Gasteiger partial charge in [-0.1, -0.05) is 12.1 Å². The monoisotopic (exact) mass is 208 g/mol. The van der Waals surface area contributed by atoms with Gasteiger partial charge in [0.05, 0.1) is 6.61 Å². The zero-order valence-electron chi connectivity index (χ0n) is 9.24. The summed E-state index contributed by atoms with van der Waals surface area (Å²) in [6, 6.07) is 5.05. The van der Waals surface area contributed by atoms with E-state index in [1.165, 1.54) is 13.8 Å². The quantitative estimate of drug-likeness (QED) is 0.739. The lowest BCUT2D eigenvalue weighted by Crippen LogP contribution is -2.31. The number of hydrogen-bond acceptors (Lipinski definition) is 3. The second-order valence-electron chi connectivity index (χ2n) is 4.19. The van der Waals surface area contributed by atoms with E-state index in [0.29, 0.717) is 11.1 Å². The maximum absolute atomic E-state index is 11.7. The van der Waals surface area contributed by atoms with Crippen LogP contribution >= 0.6 is 0 Å². The summed E-state index contributed by atoms with van der Waals surface area (Å²) in [7, 11) is 0. The number of carbonyl (C=O) groups is 1. The van der Waals surface area contributed by atoms with Crippen LogP contribution in [0.25, 0.3) is 0 Å². The molecule has 2 N–H and O–H groups in total. The van der Waals surface area contributed by atoms with Crippen LogP contribution in [0.4, 0.5) is 0 Å². The van der Waals surface area contributed by atoms with E-state index in [9.17, 15) is 9.90 Å². The molecule has 0 heterocycles. The SMILES string of the molecule is Cc1ccc(C(=O)C(C)(C)O)cc1CO. The first-order valence-corrected chi connectivity index (χ1v) is 4.84. The van der Waals surface area contributed by atoms with Gasteiger partial charge in [0.2, 0.25) is 0 Å². The van der Waals surface area contributed by atoms with Gasteiger partial charge < -0.3 is 10.2 Å². The molecule has 15 heavy (non-hydrogen) atoms. The van der Waals surface area contributed by atoms with Crippen molar-refractivity contribution in [1.29, 1.82) is 0 Å². The van der Waals surface area contributed by atoms with Crippen LogP contribution in [-0.2, 0) is 6.61 Å². The second kappa shape index (κ2) is 4.13. The highest BCUT2D eigenvalue weighted by Crippen LogP contribution is 2.16. The minimum absolute atomic E-state index is 0.0984. The molecule has 0 radical (unpaired) electrons. The lowest BCUT2D eigenvalue weighted by Gasteiger charge is -2.16. The molecule has 3 heteroatoms. The molecule has 0 saturated heterocycles. The third kappa shape index (κ3) is 2.64. The summed E-state index contributed by atoms with van der Waals surface area (Å²) in [4.78, 5) is 11.7. The van der Waals surface area contributed by atoms with E-state index in [1.807, 2.05) is 6.92 Å². The van der Waals surface area contributed by atoms with Crippen molar-refractivity contribution in [3.63, 3.8) is 0 Å². The summed E-state index contributed by atoms with van der Waals surface area (Å²) in [5.74, 6) is -0.336. The Morgan fingerprint density at radius 2 is 2.00 bits per heavy atom. The van der Waals surface area contributed by atoms with Gasteiger partial charge in [-0.05, 0) is 38.0 Å². The average Bonchev–Trinajstić information content (AvgIpc) is 2.16. The van der Waals surface area contributed by atoms with Crippen molar-refractivity contribution in [2.45, 2.75) is 33.0 Å². The van der Waals surface area contributed by atoms with Gasteiger partial charge >= 0.3 is 0 Å². The smallest absolute Gasteiger partial charge is 0.193 e. The van der Waals surface area contributed by atoms with Crippen molar-refractivity contribution in [3.8, 4) is 0 Å². The molecule has 0 spiro atoms. The maximum Gasteiger partial charge on any atom is 0.193 e. The third-order valence-electron chi connectivity index (χ3n) is 2.34. The average molecular weight is 208 g/mol. The fourth-order valence-electron chi connectivity index (χ4n) is 1.34. The largest absolute Gasteiger partial charge is 0.392 e. The number of aliphatic hydroxyl groups is 2. The van der Waals surface area contributed by atoms with Crippen LogP contribution in [0.15, 0.2) is 18.2 Å². The summed E-state index contributed by atoms with van der Waals surface area (Å²) >= 11 is 0. The standard InChI is InChI=1S/C12H16O3/c1-8-4-5-9(6-10(8)7-13)11(14)12(2,3)15/h4-6,13,15H,7H2,1-3H3. The van der Waals surface area contributed by atoms with Crippen LogP contribution in [0.1, 0.15) is 35.3 Å². The molecule has 82 valence electrons. The van der Waals surface area contributed by atoms with E-state index >= 15 is 0 Å². The Bertz CT molecular complexity index is 375. The minimum atomic E-state index is -1.37. The highest BCUT2D eigenvalue weighted by molar-refractivity contribution is 6.01.